The van der Waals surface area contributed by atoms with Crippen molar-refractivity contribution in [3.05, 3.63) is 29.6 Å². The Morgan fingerprint density at radius 3 is 2.55 bits per heavy atom. The molecule has 1 aromatic rings. The zero-order valence-corrected chi connectivity index (χ0v) is 12.0. The third kappa shape index (κ3) is 2.60. The normalized spacial score (nSPS) is 17.8. The van der Waals surface area contributed by atoms with Crippen LogP contribution in [0.5, 0.6) is 5.75 Å². The lowest BCUT2D eigenvalue weighted by Crippen LogP contribution is -2.46. The molecule has 2 rings (SSSR count). The molecule has 20 heavy (non-hydrogen) atoms. The van der Waals surface area contributed by atoms with Crippen molar-refractivity contribution in [2.24, 2.45) is 11.1 Å². The molecule has 0 atom stereocenters. The van der Waals surface area contributed by atoms with Gasteiger partial charge in [-0.05, 0) is 25.0 Å². The molecule has 0 aliphatic carbocycles. The Hall–Kier alpha value is -1.69. The third-order valence-electron chi connectivity index (χ3n) is 3.95. The zero-order valence-electron chi connectivity index (χ0n) is 11.2. The Morgan fingerprint density at radius 1 is 1.45 bits per heavy atom. The van der Waals surface area contributed by atoms with Crippen LogP contribution in [0, 0.1) is 11.2 Å². The highest BCUT2D eigenvalue weighted by atomic mass is 32.1. The quantitative estimate of drug-likeness (QED) is 0.820. The molecule has 0 spiro atoms. The first-order valence-electron chi connectivity index (χ1n) is 6.42. The molecular formula is C14H17FN2O2S. The summed E-state index contributed by atoms with van der Waals surface area (Å²) in [6, 6.07) is 3.83. The molecule has 0 radical (unpaired) electrons. The number of aromatic hydroxyl groups is 1. The summed E-state index contributed by atoms with van der Waals surface area (Å²) in [5.74, 6) is -1.54. The summed E-state index contributed by atoms with van der Waals surface area (Å²) in [6.07, 6.45) is 1.28. The first-order chi connectivity index (χ1) is 9.35. The molecule has 0 aromatic heterocycles. The molecule has 1 aliphatic rings. The summed E-state index contributed by atoms with van der Waals surface area (Å²) < 4.78 is 13.7. The van der Waals surface area contributed by atoms with Crippen LogP contribution in [-0.2, 0) is 0 Å². The fourth-order valence-corrected chi connectivity index (χ4v) is 2.54. The molecule has 0 saturated carbocycles. The van der Waals surface area contributed by atoms with Gasteiger partial charge in [-0.25, -0.2) is 4.39 Å². The van der Waals surface area contributed by atoms with Gasteiger partial charge in [-0.1, -0.05) is 25.2 Å². The van der Waals surface area contributed by atoms with Gasteiger partial charge < -0.3 is 15.7 Å². The minimum atomic E-state index is -0.710. The number of hydrogen-bond donors (Lipinski definition) is 2. The van der Waals surface area contributed by atoms with Gasteiger partial charge in [-0.15, -0.1) is 0 Å². The first-order valence-corrected chi connectivity index (χ1v) is 6.82. The van der Waals surface area contributed by atoms with Crippen LogP contribution in [0.25, 0.3) is 0 Å². The predicted octanol–water partition coefficient (Wildman–Crippen LogP) is 2.06. The summed E-state index contributed by atoms with van der Waals surface area (Å²) in [4.78, 5) is 14.3. The molecule has 1 aliphatic heterocycles. The van der Waals surface area contributed by atoms with Crippen LogP contribution in [0.3, 0.4) is 0 Å². The Kier molecular flexibility index (Phi) is 3.94. The van der Waals surface area contributed by atoms with Crippen molar-refractivity contribution in [3.8, 4) is 5.75 Å². The van der Waals surface area contributed by atoms with Crippen molar-refractivity contribution in [3.63, 3.8) is 0 Å². The molecule has 4 nitrogen and oxygen atoms in total. The number of likely N-dealkylation sites (tertiary alicyclic amines) is 1. The molecular weight excluding hydrogens is 279 g/mol. The maximum absolute atomic E-state index is 13.7. The van der Waals surface area contributed by atoms with Crippen LogP contribution in [0.1, 0.15) is 30.1 Å². The number of halogens is 1. The van der Waals surface area contributed by atoms with E-state index in [1.54, 1.807) is 0 Å². The number of benzene rings is 1. The molecule has 1 heterocycles. The van der Waals surface area contributed by atoms with E-state index in [-0.39, 0.29) is 16.7 Å². The number of phenolic OH excluding ortho intramolecular Hbond substituents is 1. The average Bonchev–Trinajstić information content (AvgIpc) is 2.39. The summed E-state index contributed by atoms with van der Waals surface area (Å²) >= 11 is 5.04. The van der Waals surface area contributed by atoms with Gasteiger partial charge >= 0.3 is 0 Å². The van der Waals surface area contributed by atoms with Crippen LogP contribution in [0.4, 0.5) is 4.39 Å². The van der Waals surface area contributed by atoms with Crippen LogP contribution >= 0.6 is 12.2 Å². The van der Waals surface area contributed by atoms with Gasteiger partial charge in [0.25, 0.3) is 5.91 Å². The van der Waals surface area contributed by atoms with E-state index < -0.39 is 11.7 Å². The van der Waals surface area contributed by atoms with E-state index in [0.717, 1.165) is 6.07 Å². The van der Waals surface area contributed by atoms with Crippen molar-refractivity contribution >= 4 is 23.1 Å². The van der Waals surface area contributed by atoms with E-state index in [1.807, 2.05) is 6.92 Å². The van der Waals surface area contributed by atoms with Gasteiger partial charge in [0, 0.05) is 18.5 Å². The number of amides is 1. The topological polar surface area (TPSA) is 66.6 Å². The van der Waals surface area contributed by atoms with Gasteiger partial charge in [0.2, 0.25) is 0 Å². The summed E-state index contributed by atoms with van der Waals surface area (Å²) in [5.41, 5.74) is 5.18. The minimum Gasteiger partial charge on any atom is -0.507 e. The highest BCUT2D eigenvalue weighted by molar-refractivity contribution is 7.80. The molecule has 6 heteroatoms. The molecule has 1 saturated heterocycles. The van der Waals surface area contributed by atoms with Gasteiger partial charge in [-0.3, -0.25) is 4.79 Å². The molecule has 0 unspecified atom stereocenters. The van der Waals surface area contributed by atoms with E-state index in [4.69, 9.17) is 18.0 Å². The van der Waals surface area contributed by atoms with E-state index in [9.17, 15) is 14.3 Å². The number of phenols is 1. The Labute approximate surface area is 122 Å². The average molecular weight is 296 g/mol. The lowest BCUT2D eigenvalue weighted by Gasteiger charge is -2.38. The number of nitrogens with two attached hydrogens (primary N) is 1. The fraction of sp³-hybridized carbons (Fsp3) is 0.429. The standard InChI is InChI=1S/C14H17FN2O2S/c1-14(13(16)20)5-7-17(8-6-14)12(19)11-9(15)3-2-4-10(11)18/h2-4,18H,5-8H2,1H3,(H2,16,20). The van der Waals surface area contributed by atoms with Crippen LogP contribution < -0.4 is 5.73 Å². The molecule has 1 fully saturated rings. The van der Waals surface area contributed by atoms with Crippen molar-refractivity contribution in [1.82, 2.24) is 4.90 Å². The van der Waals surface area contributed by atoms with Crippen LogP contribution in [0.15, 0.2) is 18.2 Å². The number of nitrogens with zero attached hydrogens (tertiary/aromatic N) is 1. The maximum atomic E-state index is 13.7. The molecule has 3 N–H and O–H groups in total. The van der Waals surface area contributed by atoms with E-state index in [1.165, 1.54) is 17.0 Å². The van der Waals surface area contributed by atoms with Crippen LogP contribution in [0.2, 0.25) is 0 Å². The Balaban J connectivity index is 2.15. The van der Waals surface area contributed by atoms with Crippen molar-refractivity contribution < 1.29 is 14.3 Å². The number of thiocarbonyl (C=S) groups is 1. The van der Waals surface area contributed by atoms with Gasteiger partial charge in [-0.2, -0.15) is 0 Å². The Bertz CT molecular complexity index is 534. The molecule has 0 bridgehead atoms. The number of carbonyl (C=O) groups excluding carboxylic acids is 1. The van der Waals surface area contributed by atoms with Crippen molar-refractivity contribution in [1.29, 1.82) is 0 Å². The maximum Gasteiger partial charge on any atom is 0.260 e. The summed E-state index contributed by atoms with van der Waals surface area (Å²) in [6.45, 7) is 2.86. The second-order valence-electron chi connectivity index (χ2n) is 5.35. The number of hydrogen-bond acceptors (Lipinski definition) is 3. The smallest absolute Gasteiger partial charge is 0.260 e. The van der Waals surface area contributed by atoms with Crippen molar-refractivity contribution in [2.75, 3.05) is 13.1 Å². The lowest BCUT2D eigenvalue weighted by molar-refractivity contribution is 0.0662. The number of carbonyl (C=O) groups is 1. The van der Waals surface area contributed by atoms with Crippen molar-refractivity contribution in [2.45, 2.75) is 19.8 Å². The fourth-order valence-electron chi connectivity index (χ4n) is 2.33. The van der Waals surface area contributed by atoms with E-state index in [2.05, 4.69) is 0 Å². The first kappa shape index (κ1) is 14.7. The molecule has 1 amide bonds. The zero-order chi connectivity index (χ0) is 14.9. The molecule has 108 valence electrons. The second-order valence-corrected chi connectivity index (χ2v) is 5.79. The summed E-state index contributed by atoms with van der Waals surface area (Å²) in [5, 5.41) is 9.66. The van der Waals surface area contributed by atoms with E-state index >= 15 is 0 Å². The third-order valence-corrected chi connectivity index (χ3v) is 4.45. The number of rotatable bonds is 2. The van der Waals surface area contributed by atoms with Gasteiger partial charge in [0.15, 0.2) is 0 Å². The lowest BCUT2D eigenvalue weighted by atomic mass is 9.80. The largest absolute Gasteiger partial charge is 0.507 e. The highest BCUT2D eigenvalue weighted by Gasteiger charge is 2.35. The second kappa shape index (κ2) is 5.36. The monoisotopic (exact) mass is 296 g/mol. The minimum absolute atomic E-state index is 0.261. The summed E-state index contributed by atoms with van der Waals surface area (Å²) in [7, 11) is 0. The van der Waals surface area contributed by atoms with Gasteiger partial charge in [0.05, 0.1) is 4.99 Å². The number of piperidine rings is 1. The molecule has 1 aromatic carbocycles. The predicted molar refractivity (Wildman–Crippen MR) is 78.1 cm³/mol. The Morgan fingerprint density at radius 2 is 2.05 bits per heavy atom. The van der Waals surface area contributed by atoms with E-state index in [0.29, 0.717) is 30.9 Å². The highest BCUT2D eigenvalue weighted by Crippen LogP contribution is 2.32. The SMILES string of the molecule is CC1(C(N)=S)CCN(C(=O)c2c(O)cccc2F)CC1. The van der Waals surface area contributed by atoms with Gasteiger partial charge in [0.1, 0.15) is 17.1 Å². The van der Waals surface area contributed by atoms with Crippen LogP contribution in [-0.4, -0.2) is 34.0 Å².